The number of hydrogen-bond donors (Lipinski definition) is 2. The highest BCUT2D eigenvalue weighted by Gasteiger charge is 2.66. The number of nitrogens with one attached hydrogen (secondary N) is 1. The second-order valence-electron chi connectivity index (χ2n) is 11.3. The van der Waals surface area contributed by atoms with Crippen LogP contribution in [0.2, 0.25) is 0 Å². The van der Waals surface area contributed by atoms with Crippen LogP contribution in [0.5, 0.6) is 0 Å². The minimum Gasteiger partial charge on any atom is -0.386 e. The van der Waals surface area contributed by atoms with Gasteiger partial charge in [0.05, 0.1) is 5.60 Å². The van der Waals surface area contributed by atoms with Gasteiger partial charge in [0.2, 0.25) is 0 Å². The molecule has 0 aliphatic heterocycles. The molecule has 30 heavy (non-hydrogen) atoms. The highest BCUT2D eigenvalue weighted by atomic mass is 79.9. The standard InChI is InChI=1S/C26H34BrNO2/c1-17-15-25-13-9-20-23(2,21(25)10-14-26(17,30)16-25)11-4-12-24(20,3)28-22(29)18-5-7-19(27)8-6-18/h5-8,20-21,30H,1,4,9-16H2,2-3H3,(H,28,29)/t20-,21-,23+,24+,25+,26-/m0/s1. The summed E-state index contributed by atoms with van der Waals surface area (Å²) in [6.45, 7) is 9.06. The first-order valence-corrected chi connectivity index (χ1v) is 12.4. The molecule has 4 aliphatic carbocycles. The van der Waals surface area contributed by atoms with Gasteiger partial charge in [-0.1, -0.05) is 35.9 Å². The van der Waals surface area contributed by atoms with Crippen LogP contribution in [-0.4, -0.2) is 22.2 Å². The fourth-order valence-corrected chi connectivity index (χ4v) is 8.70. The van der Waals surface area contributed by atoms with Crippen molar-refractivity contribution in [1.82, 2.24) is 5.32 Å². The number of benzene rings is 1. The fourth-order valence-electron chi connectivity index (χ4n) is 8.43. The average molecular weight is 472 g/mol. The Hall–Kier alpha value is -1.13. The Balaban J connectivity index is 1.43. The molecule has 2 bridgehead atoms. The van der Waals surface area contributed by atoms with E-state index in [4.69, 9.17) is 0 Å². The van der Waals surface area contributed by atoms with Crippen LogP contribution in [0.25, 0.3) is 0 Å². The van der Waals surface area contributed by atoms with Crippen LogP contribution in [0.15, 0.2) is 40.9 Å². The molecule has 3 nitrogen and oxygen atoms in total. The highest BCUT2D eigenvalue weighted by Crippen LogP contribution is 2.71. The Morgan fingerprint density at radius 3 is 2.53 bits per heavy atom. The zero-order chi connectivity index (χ0) is 21.4. The third kappa shape index (κ3) is 2.89. The van der Waals surface area contributed by atoms with Crippen LogP contribution in [0, 0.1) is 22.7 Å². The Bertz CT molecular complexity index is 897. The lowest BCUT2D eigenvalue weighted by molar-refractivity contribution is -0.148. The van der Waals surface area contributed by atoms with E-state index in [2.05, 4.69) is 41.7 Å². The minimum absolute atomic E-state index is 0.0433. The van der Waals surface area contributed by atoms with E-state index in [1.807, 2.05) is 24.3 Å². The smallest absolute Gasteiger partial charge is 0.251 e. The van der Waals surface area contributed by atoms with Gasteiger partial charge < -0.3 is 10.4 Å². The van der Waals surface area contributed by atoms with Gasteiger partial charge in [-0.15, -0.1) is 0 Å². The summed E-state index contributed by atoms with van der Waals surface area (Å²) in [4.78, 5) is 13.1. The van der Waals surface area contributed by atoms with Gasteiger partial charge in [0, 0.05) is 15.6 Å². The van der Waals surface area contributed by atoms with E-state index in [-0.39, 0.29) is 22.3 Å². The maximum Gasteiger partial charge on any atom is 0.251 e. The topological polar surface area (TPSA) is 49.3 Å². The van der Waals surface area contributed by atoms with E-state index >= 15 is 0 Å². The van der Waals surface area contributed by atoms with E-state index in [1.165, 1.54) is 6.42 Å². The van der Waals surface area contributed by atoms with Crippen molar-refractivity contribution in [2.24, 2.45) is 22.7 Å². The van der Waals surface area contributed by atoms with Gasteiger partial charge in [-0.25, -0.2) is 0 Å². The quantitative estimate of drug-likeness (QED) is 0.518. The summed E-state index contributed by atoms with van der Waals surface area (Å²) < 4.78 is 0.989. The summed E-state index contributed by atoms with van der Waals surface area (Å²) in [7, 11) is 0. The lowest BCUT2D eigenvalue weighted by Gasteiger charge is -2.64. The van der Waals surface area contributed by atoms with Crippen molar-refractivity contribution >= 4 is 21.8 Å². The molecule has 1 aromatic rings. The fraction of sp³-hybridized carbons (Fsp3) is 0.654. The molecule has 0 aromatic heterocycles. The Morgan fingerprint density at radius 1 is 1.10 bits per heavy atom. The number of hydrogen-bond acceptors (Lipinski definition) is 2. The van der Waals surface area contributed by atoms with Crippen LogP contribution in [0.4, 0.5) is 0 Å². The van der Waals surface area contributed by atoms with Crippen molar-refractivity contribution in [2.45, 2.75) is 82.8 Å². The van der Waals surface area contributed by atoms with Crippen molar-refractivity contribution in [2.75, 3.05) is 0 Å². The molecule has 1 amide bonds. The maximum atomic E-state index is 13.1. The van der Waals surface area contributed by atoms with Crippen molar-refractivity contribution in [3.8, 4) is 0 Å². The number of fused-ring (bicyclic) bond motifs is 3. The molecule has 0 heterocycles. The number of rotatable bonds is 2. The Labute approximate surface area is 188 Å². The summed E-state index contributed by atoms with van der Waals surface area (Å²) in [6, 6.07) is 7.66. The lowest BCUT2D eigenvalue weighted by atomic mass is 9.42. The van der Waals surface area contributed by atoms with Gasteiger partial charge in [-0.3, -0.25) is 4.79 Å². The van der Waals surface area contributed by atoms with Crippen LogP contribution in [-0.2, 0) is 0 Å². The van der Waals surface area contributed by atoms with Gasteiger partial charge in [-0.05, 0) is 111 Å². The molecule has 0 unspecified atom stereocenters. The molecule has 4 fully saturated rings. The molecule has 0 saturated heterocycles. The predicted octanol–water partition coefficient (Wildman–Crippen LogP) is 6.02. The van der Waals surface area contributed by atoms with E-state index in [1.54, 1.807) is 0 Å². The molecule has 0 radical (unpaired) electrons. The summed E-state index contributed by atoms with van der Waals surface area (Å²) in [5.74, 6) is 1.14. The van der Waals surface area contributed by atoms with Gasteiger partial charge in [0.15, 0.2) is 0 Å². The normalized spacial score (nSPS) is 44.9. The molecule has 4 saturated carbocycles. The molecule has 4 heteroatoms. The molecule has 1 spiro atoms. The molecule has 6 atom stereocenters. The first-order chi connectivity index (χ1) is 14.1. The number of aliphatic hydroxyl groups is 1. The molecule has 5 rings (SSSR count). The Kier molecular flexibility index (Phi) is 4.62. The van der Waals surface area contributed by atoms with Crippen molar-refractivity contribution in [1.29, 1.82) is 0 Å². The minimum atomic E-state index is -0.618. The molecule has 1 aromatic carbocycles. The SMILES string of the molecule is C=C1C[C@@]23CC[C@H]4[C@@](C)(CCC[C@@]4(C)NC(=O)c4ccc(Br)cc4)[C@@H]2CC[C@]1(O)C3. The summed E-state index contributed by atoms with van der Waals surface area (Å²) in [6.07, 6.45) is 9.59. The highest BCUT2D eigenvalue weighted by molar-refractivity contribution is 9.10. The number of amides is 1. The zero-order valence-electron chi connectivity index (χ0n) is 18.3. The van der Waals surface area contributed by atoms with Crippen molar-refractivity contribution in [3.63, 3.8) is 0 Å². The predicted molar refractivity (Wildman–Crippen MR) is 123 cm³/mol. The van der Waals surface area contributed by atoms with Crippen LogP contribution in [0.1, 0.15) is 82.0 Å². The molecule has 162 valence electrons. The van der Waals surface area contributed by atoms with E-state index in [0.29, 0.717) is 11.8 Å². The van der Waals surface area contributed by atoms with E-state index in [9.17, 15) is 9.90 Å². The number of carbonyl (C=O) groups excluding carboxylic acids is 1. The van der Waals surface area contributed by atoms with Crippen LogP contribution < -0.4 is 5.32 Å². The van der Waals surface area contributed by atoms with Gasteiger partial charge >= 0.3 is 0 Å². The van der Waals surface area contributed by atoms with Crippen LogP contribution >= 0.6 is 15.9 Å². The van der Waals surface area contributed by atoms with Gasteiger partial charge in [-0.2, -0.15) is 0 Å². The largest absolute Gasteiger partial charge is 0.386 e. The first kappa shape index (κ1) is 20.8. The third-order valence-electron chi connectivity index (χ3n) is 9.66. The second-order valence-corrected chi connectivity index (χ2v) is 12.2. The third-order valence-corrected chi connectivity index (χ3v) is 10.2. The summed E-state index contributed by atoms with van der Waals surface area (Å²) in [5.41, 5.74) is 1.45. The Morgan fingerprint density at radius 2 is 1.80 bits per heavy atom. The zero-order valence-corrected chi connectivity index (χ0v) is 19.9. The van der Waals surface area contributed by atoms with Crippen molar-refractivity contribution < 1.29 is 9.90 Å². The number of carbonyl (C=O) groups is 1. The average Bonchev–Trinajstić information content (AvgIpc) is 2.85. The first-order valence-electron chi connectivity index (χ1n) is 11.6. The molecular formula is C26H34BrNO2. The molecule has 2 N–H and O–H groups in total. The van der Waals surface area contributed by atoms with E-state index < -0.39 is 5.60 Å². The monoisotopic (exact) mass is 471 g/mol. The maximum absolute atomic E-state index is 13.1. The number of halogens is 1. The lowest BCUT2D eigenvalue weighted by Crippen LogP contribution is -2.64. The summed E-state index contributed by atoms with van der Waals surface area (Å²) in [5, 5.41) is 14.6. The molecular weight excluding hydrogens is 438 g/mol. The van der Waals surface area contributed by atoms with Crippen molar-refractivity contribution in [3.05, 3.63) is 46.5 Å². The second kappa shape index (κ2) is 6.68. The van der Waals surface area contributed by atoms with E-state index in [0.717, 1.165) is 67.0 Å². The van der Waals surface area contributed by atoms with Gasteiger partial charge in [0.25, 0.3) is 5.91 Å². The summed E-state index contributed by atoms with van der Waals surface area (Å²) >= 11 is 3.46. The van der Waals surface area contributed by atoms with Gasteiger partial charge in [0.1, 0.15) is 0 Å². The van der Waals surface area contributed by atoms with Crippen LogP contribution in [0.3, 0.4) is 0 Å². The molecule has 4 aliphatic rings.